The van der Waals surface area contributed by atoms with E-state index < -0.39 is 15.8 Å². The average Bonchev–Trinajstić information content (AvgIpc) is 3.28. The van der Waals surface area contributed by atoms with E-state index in [4.69, 9.17) is 9.15 Å². The molecule has 32 heavy (non-hydrogen) atoms. The number of carbonyl (C=O) groups is 1. The van der Waals surface area contributed by atoms with Crippen LogP contribution in [0, 0.1) is 5.82 Å². The molecule has 1 amide bonds. The smallest absolute Gasteiger partial charge is 0.277 e. The second-order valence-electron chi connectivity index (χ2n) is 6.76. The molecule has 0 spiro atoms. The van der Waals surface area contributed by atoms with Crippen LogP contribution in [0.4, 0.5) is 10.1 Å². The Morgan fingerprint density at radius 2 is 1.91 bits per heavy atom. The van der Waals surface area contributed by atoms with E-state index >= 15 is 0 Å². The van der Waals surface area contributed by atoms with Crippen molar-refractivity contribution in [2.75, 3.05) is 37.4 Å². The SMILES string of the molecule is O=C(CSc1nnc(-c2cccc(S(=O)(=O)N3CCOCC3)c2)o1)Nc1cccc(F)c1. The number of hydrogen-bond acceptors (Lipinski definition) is 8. The van der Waals surface area contributed by atoms with E-state index in [-0.39, 0.29) is 27.7 Å². The molecular formula is C20H19FN4O5S2. The van der Waals surface area contributed by atoms with Gasteiger partial charge >= 0.3 is 0 Å². The predicted octanol–water partition coefficient (Wildman–Crippen LogP) is 2.63. The van der Waals surface area contributed by atoms with Gasteiger partial charge in [0.05, 0.1) is 23.9 Å². The van der Waals surface area contributed by atoms with Crippen molar-refractivity contribution in [3.8, 4) is 11.5 Å². The largest absolute Gasteiger partial charge is 0.411 e. The topological polar surface area (TPSA) is 115 Å². The summed E-state index contributed by atoms with van der Waals surface area (Å²) in [4.78, 5) is 12.2. The van der Waals surface area contributed by atoms with Crippen molar-refractivity contribution in [3.05, 3.63) is 54.3 Å². The second-order valence-corrected chi connectivity index (χ2v) is 9.63. The Bertz CT molecular complexity index is 1210. The van der Waals surface area contributed by atoms with Crippen LogP contribution in [0.2, 0.25) is 0 Å². The molecule has 0 atom stereocenters. The second kappa shape index (κ2) is 9.77. The number of thioether (sulfide) groups is 1. The molecule has 0 unspecified atom stereocenters. The van der Waals surface area contributed by atoms with E-state index in [9.17, 15) is 17.6 Å². The summed E-state index contributed by atoms with van der Waals surface area (Å²) in [5, 5.41) is 10.6. The molecule has 2 heterocycles. The van der Waals surface area contributed by atoms with E-state index in [0.29, 0.717) is 37.6 Å². The normalized spacial score (nSPS) is 14.9. The number of nitrogens with one attached hydrogen (secondary N) is 1. The Kier molecular flexibility index (Phi) is 6.84. The van der Waals surface area contributed by atoms with Gasteiger partial charge in [-0.2, -0.15) is 4.31 Å². The van der Waals surface area contributed by atoms with Crippen molar-refractivity contribution in [2.45, 2.75) is 10.1 Å². The number of carbonyl (C=O) groups excluding carboxylic acids is 1. The summed E-state index contributed by atoms with van der Waals surface area (Å²) in [6.07, 6.45) is 0. The Morgan fingerprint density at radius 3 is 2.69 bits per heavy atom. The molecule has 1 aliphatic rings. The van der Waals surface area contributed by atoms with Gasteiger partial charge in [0.25, 0.3) is 5.22 Å². The fraction of sp³-hybridized carbons (Fsp3) is 0.250. The fourth-order valence-electron chi connectivity index (χ4n) is 3.00. The van der Waals surface area contributed by atoms with Gasteiger partial charge in [0.1, 0.15) is 5.82 Å². The van der Waals surface area contributed by atoms with E-state index in [0.717, 1.165) is 11.8 Å². The number of ether oxygens (including phenoxy) is 1. The molecule has 2 aromatic carbocycles. The summed E-state index contributed by atoms with van der Waals surface area (Å²) in [5.74, 6) is -0.699. The van der Waals surface area contributed by atoms with Crippen LogP contribution in [-0.4, -0.2) is 60.9 Å². The monoisotopic (exact) mass is 478 g/mol. The summed E-state index contributed by atoms with van der Waals surface area (Å²) in [7, 11) is -3.66. The average molecular weight is 479 g/mol. The molecule has 1 aromatic heterocycles. The zero-order chi connectivity index (χ0) is 22.6. The van der Waals surface area contributed by atoms with Crippen LogP contribution >= 0.6 is 11.8 Å². The number of amides is 1. The Balaban J connectivity index is 1.41. The maximum Gasteiger partial charge on any atom is 0.277 e. The summed E-state index contributed by atoms with van der Waals surface area (Å²) < 4.78 is 51.1. The number of anilines is 1. The summed E-state index contributed by atoms with van der Waals surface area (Å²) in [6.45, 7) is 1.31. The molecule has 0 bridgehead atoms. The number of halogens is 1. The van der Waals surface area contributed by atoms with E-state index in [1.54, 1.807) is 18.2 Å². The third-order valence-electron chi connectivity index (χ3n) is 4.53. The molecule has 1 N–H and O–H groups in total. The molecule has 9 nitrogen and oxygen atoms in total. The molecule has 1 aliphatic heterocycles. The first kappa shape index (κ1) is 22.4. The quantitative estimate of drug-likeness (QED) is 0.516. The Hall–Kier alpha value is -2.80. The van der Waals surface area contributed by atoms with Crippen molar-refractivity contribution in [1.29, 1.82) is 0 Å². The molecule has 0 saturated carbocycles. The minimum Gasteiger partial charge on any atom is -0.411 e. The number of aromatic nitrogens is 2. The van der Waals surface area contributed by atoms with Crippen LogP contribution in [0.3, 0.4) is 0 Å². The third kappa shape index (κ3) is 5.33. The highest BCUT2D eigenvalue weighted by molar-refractivity contribution is 7.99. The lowest BCUT2D eigenvalue weighted by Gasteiger charge is -2.26. The van der Waals surface area contributed by atoms with Crippen molar-refractivity contribution < 1.29 is 26.8 Å². The van der Waals surface area contributed by atoms with Crippen molar-refractivity contribution >= 4 is 33.4 Å². The molecule has 1 saturated heterocycles. The van der Waals surface area contributed by atoms with E-state index in [1.165, 1.54) is 34.6 Å². The van der Waals surface area contributed by atoms with Crippen molar-refractivity contribution in [2.24, 2.45) is 0 Å². The first-order valence-corrected chi connectivity index (χ1v) is 12.0. The van der Waals surface area contributed by atoms with Gasteiger partial charge in [-0.15, -0.1) is 10.2 Å². The van der Waals surface area contributed by atoms with Gasteiger partial charge in [-0.3, -0.25) is 4.79 Å². The van der Waals surface area contributed by atoms with Crippen molar-refractivity contribution in [1.82, 2.24) is 14.5 Å². The Labute approximate surface area is 188 Å². The van der Waals surface area contributed by atoms with Gasteiger partial charge in [-0.25, -0.2) is 12.8 Å². The number of hydrogen-bond donors (Lipinski definition) is 1. The zero-order valence-corrected chi connectivity index (χ0v) is 18.4. The van der Waals surface area contributed by atoms with Crippen LogP contribution in [0.1, 0.15) is 0 Å². The minimum absolute atomic E-state index is 0.0242. The molecule has 12 heteroatoms. The van der Waals surface area contributed by atoms with Gasteiger partial charge < -0.3 is 14.5 Å². The van der Waals surface area contributed by atoms with Crippen LogP contribution in [-0.2, 0) is 19.6 Å². The maximum atomic E-state index is 13.2. The molecule has 1 fully saturated rings. The standard InChI is InChI=1S/C20H19FN4O5S2/c21-15-4-2-5-16(12-15)22-18(26)13-31-20-24-23-19(30-20)14-3-1-6-17(11-14)32(27,28)25-7-9-29-10-8-25/h1-6,11-12H,7-10,13H2,(H,22,26). The first-order chi connectivity index (χ1) is 15.4. The lowest BCUT2D eigenvalue weighted by atomic mass is 10.2. The lowest BCUT2D eigenvalue weighted by molar-refractivity contribution is -0.113. The molecule has 0 aliphatic carbocycles. The van der Waals surface area contributed by atoms with Gasteiger partial charge in [0, 0.05) is 24.3 Å². The molecule has 4 rings (SSSR count). The number of rotatable bonds is 7. The molecule has 0 radical (unpaired) electrons. The van der Waals surface area contributed by atoms with Crippen LogP contribution < -0.4 is 5.32 Å². The summed E-state index contributed by atoms with van der Waals surface area (Å²) >= 11 is 1.01. The van der Waals surface area contributed by atoms with Crippen LogP contribution in [0.25, 0.3) is 11.5 Å². The number of benzene rings is 2. The Morgan fingerprint density at radius 1 is 1.12 bits per heavy atom. The number of sulfonamides is 1. The van der Waals surface area contributed by atoms with Gasteiger partial charge in [-0.05, 0) is 36.4 Å². The number of morpholine rings is 1. The highest BCUT2D eigenvalue weighted by atomic mass is 32.2. The van der Waals surface area contributed by atoms with E-state index in [2.05, 4.69) is 15.5 Å². The van der Waals surface area contributed by atoms with Gasteiger partial charge in [-0.1, -0.05) is 23.9 Å². The minimum atomic E-state index is -3.66. The zero-order valence-electron chi connectivity index (χ0n) is 16.7. The maximum absolute atomic E-state index is 13.2. The molecular weight excluding hydrogens is 459 g/mol. The summed E-state index contributed by atoms with van der Waals surface area (Å²) in [6, 6.07) is 11.8. The molecule has 168 valence electrons. The number of nitrogens with zero attached hydrogens (tertiary/aromatic N) is 3. The predicted molar refractivity (Wildman–Crippen MR) is 115 cm³/mol. The lowest BCUT2D eigenvalue weighted by Crippen LogP contribution is -2.40. The van der Waals surface area contributed by atoms with Crippen LogP contribution in [0.15, 0.2) is 63.1 Å². The van der Waals surface area contributed by atoms with Gasteiger partial charge in [0.15, 0.2) is 0 Å². The van der Waals surface area contributed by atoms with Crippen molar-refractivity contribution in [3.63, 3.8) is 0 Å². The van der Waals surface area contributed by atoms with Crippen LogP contribution in [0.5, 0.6) is 0 Å². The summed E-state index contributed by atoms with van der Waals surface area (Å²) in [5.41, 5.74) is 0.794. The van der Waals surface area contributed by atoms with E-state index in [1.807, 2.05) is 0 Å². The van der Waals surface area contributed by atoms with Gasteiger partial charge in [0.2, 0.25) is 21.8 Å². The third-order valence-corrected chi connectivity index (χ3v) is 7.24. The fourth-order valence-corrected chi connectivity index (χ4v) is 5.02. The highest BCUT2D eigenvalue weighted by Gasteiger charge is 2.27. The molecule has 3 aromatic rings. The highest BCUT2D eigenvalue weighted by Crippen LogP contribution is 2.26. The first-order valence-electron chi connectivity index (χ1n) is 9.62.